The molecule has 1 atom stereocenters. The number of amides is 2. The van der Waals surface area contributed by atoms with Gasteiger partial charge in [0.1, 0.15) is 18.5 Å². The highest BCUT2D eigenvalue weighted by molar-refractivity contribution is 6.33. The lowest BCUT2D eigenvalue weighted by atomic mass is 10.0. The molecule has 242 valence electrons. The molecule has 1 aliphatic carbocycles. The van der Waals surface area contributed by atoms with Crippen molar-refractivity contribution in [3.05, 3.63) is 77.3 Å². The number of aromatic nitrogens is 5. The maximum absolute atomic E-state index is 14.1. The SMILES string of the molecule is CCN=C(N)N(C(=O)c1ccc(-c2cnn(C(F)F)c2)cc1)[C@H](COC(=O)NC1(C(F)F)CC1)c1ccc(Cl)c(-c2ncn[nH]2)c1. The number of hydrogen-bond acceptors (Lipinski definition) is 7. The Morgan fingerprint density at radius 2 is 1.91 bits per heavy atom. The Morgan fingerprint density at radius 1 is 1.17 bits per heavy atom. The van der Waals surface area contributed by atoms with Crippen molar-refractivity contribution in [2.24, 2.45) is 10.7 Å². The number of alkyl carbamates (subject to hydrolysis) is 1. The number of aromatic amines is 1. The number of nitrogens with zero attached hydrogens (tertiary/aromatic N) is 6. The number of nitrogens with two attached hydrogens (primary N) is 1. The van der Waals surface area contributed by atoms with E-state index in [1.165, 1.54) is 30.9 Å². The van der Waals surface area contributed by atoms with Gasteiger partial charge in [0, 0.05) is 29.4 Å². The molecular weight excluding hydrogens is 634 g/mol. The number of guanidine groups is 1. The zero-order chi connectivity index (χ0) is 33.0. The van der Waals surface area contributed by atoms with Crippen molar-refractivity contribution in [1.29, 1.82) is 0 Å². The molecule has 4 aromatic rings. The van der Waals surface area contributed by atoms with Crippen molar-refractivity contribution in [3.63, 3.8) is 0 Å². The molecule has 2 aromatic carbocycles. The summed E-state index contributed by atoms with van der Waals surface area (Å²) in [6.45, 7) is -1.43. The Kier molecular flexibility index (Phi) is 9.55. The summed E-state index contributed by atoms with van der Waals surface area (Å²) >= 11 is 6.43. The van der Waals surface area contributed by atoms with Gasteiger partial charge in [-0.05, 0) is 55.2 Å². The van der Waals surface area contributed by atoms with E-state index in [1.807, 2.05) is 0 Å². The number of benzene rings is 2. The largest absolute Gasteiger partial charge is 0.447 e. The highest BCUT2D eigenvalue weighted by atomic mass is 35.5. The number of aliphatic imine (C=N–C) groups is 1. The Morgan fingerprint density at radius 3 is 2.50 bits per heavy atom. The lowest BCUT2D eigenvalue weighted by Gasteiger charge is -2.31. The normalized spacial score (nSPS) is 14.7. The van der Waals surface area contributed by atoms with E-state index < -0.39 is 43.2 Å². The van der Waals surface area contributed by atoms with Crippen molar-refractivity contribution < 1.29 is 31.9 Å². The quantitative estimate of drug-likeness (QED) is 0.110. The molecular formula is C29H28ClF4N9O3. The maximum Gasteiger partial charge on any atom is 0.407 e. The minimum Gasteiger partial charge on any atom is -0.447 e. The third-order valence-electron chi connectivity index (χ3n) is 7.34. The van der Waals surface area contributed by atoms with Gasteiger partial charge < -0.3 is 15.8 Å². The second-order valence-electron chi connectivity index (χ2n) is 10.3. The summed E-state index contributed by atoms with van der Waals surface area (Å²) in [4.78, 5) is 36.3. The van der Waals surface area contributed by atoms with Crippen LogP contribution in [0.2, 0.25) is 5.02 Å². The predicted molar refractivity (Wildman–Crippen MR) is 159 cm³/mol. The van der Waals surface area contributed by atoms with Gasteiger partial charge in [-0.3, -0.25) is 19.8 Å². The first kappa shape index (κ1) is 32.4. The lowest BCUT2D eigenvalue weighted by molar-refractivity contribution is 0.0566. The summed E-state index contributed by atoms with van der Waals surface area (Å²) in [5.74, 6) is -0.553. The molecule has 2 amide bonds. The molecule has 2 aromatic heterocycles. The van der Waals surface area contributed by atoms with Crippen LogP contribution in [0.15, 0.2) is 66.2 Å². The standard InChI is InChI=1S/C29H28ClF4N9O3/c1-2-36-27(35)43(24(44)17-5-3-16(4-6-17)19-12-39-42(13-19)26(33)34)22(14-46-28(45)40-29(9-10-29)25(31)32)18-7-8-21(30)20(11-18)23-37-15-38-41-23/h3-8,11-13,15,22,25-26H,2,9-10,14H2,1H3,(H2,35,36)(H,40,45)(H,37,38,41)/t22-/m1/s1. The third-order valence-corrected chi connectivity index (χ3v) is 7.67. The van der Waals surface area contributed by atoms with Gasteiger partial charge in [-0.1, -0.05) is 29.8 Å². The topological polar surface area (TPSA) is 156 Å². The van der Waals surface area contributed by atoms with E-state index in [9.17, 15) is 27.2 Å². The first-order valence-corrected chi connectivity index (χ1v) is 14.3. The van der Waals surface area contributed by atoms with Gasteiger partial charge in [0.05, 0.1) is 17.3 Å². The summed E-state index contributed by atoms with van der Waals surface area (Å²) < 4.78 is 58.9. The molecule has 46 heavy (non-hydrogen) atoms. The van der Waals surface area contributed by atoms with Crippen molar-refractivity contribution in [2.75, 3.05) is 13.2 Å². The number of ether oxygens (including phenoxy) is 1. The highest BCUT2D eigenvalue weighted by Gasteiger charge is 2.53. The zero-order valence-electron chi connectivity index (χ0n) is 24.2. The van der Waals surface area contributed by atoms with E-state index in [1.54, 1.807) is 37.3 Å². The number of H-pyrrole nitrogens is 1. The third kappa shape index (κ3) is 6.96. The van der Waals surface area contributed by atoms with Crippen LogP contribution >= 0.6 is 11.6 Å². The molecule has 0 radical (unpaired) electrons. The smallest absolute Gasteiger partial charge is 0.407 e. The van der Waals surface area contributed by atoms with Gasteiger partial charge in [-0.15, -0.1) is 0 Å². The Balaban J connectivity index is 1.50. The fraction of sp³-hybridized carbons (Fsp3) is 0.310. The van der Waals surface area contributed by atoms with Crippen LogP contribution in [0.1, 0.15) is 48.3 Å². The van der Waals surface area contributed by atoms with E-state index >= 15 is 0 Å². The van der Waals surface area contributed by atoms with E-state index in [4.69, 9.17) is 22.1 Å². The number of halogens is 5. The summed E-state index contributed by atoms with van der Waals surface area (Å²) in [5, 5.41) is 12.7. The highest BCUT2D eigenvalue weighted by Crippen LogP contribution is 2.41. The average molecular weight is 662 g/mol. The molecule has 0 aliphatic heterocycles. The number of alkyl halides is 4. The van der Waals surface area contributed by atoms with Crippen LogP contribution in [-0.2, 0) is 4.74 Å². The summed E-state index contributed by atoms with van der Waals surface area (Å²) in [5.41, 5.74) is 6.53. The summed E-state index contributed by atoms with van der Waals surface area (Å²) in [6, 6.07) is 9.63. The number of nitrogens with one attached hydrogen (secondary N) is 2. The first-order chi connectivity index (χ1) is 22.0. The molecule has 0 bridgehead atoms. The van der Waals surface area contributed by atoms with Crippen molar-refractivity contribution in [3.8, 4) is 22.5 Å². The minimum absolute atomic E-state index is 0.0978. The molecule has 4 N–H and O–H groups in total. The molecule has 2 heterocycles. The Bertz CT molecular complexity index is 1710. The Hall–Kier alpha value is -4.99. The van der Waals surface area contributed by atoms with Crippen molar-refractivity contribution in [2.45, 2.75) is 44.3 Å². The van der Waals surface area contributed by atoms with Gasteiger partial charge in [0.2, 0.25) is 0 Å². The number of carbonyl (C=O) groups is 2. The van der Waals surface area contributed by atoms with Crippen LogP contribution in [0.3, 0.4) is 0 Å². The predicted octanol–water partition coefficient (Wildman–Crippen LogP) is 5.43. The fourth-order valence-corrected chi connectivity index (χ4v) is 4.90. The van der Waals surface area contributed by atoms with Crippen molar-refractivity contribution >= 4 is 29.6 Å². The van der Waals surface area contributed by atoms with Crippen LogP contribution in [0.25, 0.3) is 22.5 Å². The number of carbonyl (C=O) groups excluding carboxylic acids is 2. The monoisotopic (exact) mass is 661 g/mol. The second-order valence-corrected chi connectivity index (χ2v) is 10.7. The molecule has 12 nitrogen and oxygen atoms in total. The van der Waals surface area contributed by atoms with Crippen LogP contribution < -0.4 is 11.1 Å². The van der Waals surface area contributed by atoms with Gasteiger partial charge in [0.25, 0.3) is 12.3 Å². The molecule has 5 rings (SSSR count). The molecule has 1 saturated carbocycles. The van der Waals surface area contributed by atoms with Crippen LogP contribution in [0.4, 0.5) is 22.4 Å². The number of rotatable bonds is 11. The van der Waals surface area contributed by atoms with Crippen molar-refractivity contribution in [1.82, 2.24) is 35.2 Å². The zero-order valence-corrected chi connectivity index (χ0v) is 25.0. The second kappa shape index (κ2) is 13.6. The molecule has 1 fully saturated rings. The fourth-order valence-electron chi connectivity index (χ4n) is 4.69. The number of hydrogen-bond donors (Lipinski definition) is 3. The van der Waals surface area contributed by atoms with Crippen LogP contribution in [0.5, 0.6) is 0 Å². The van der Waals surface area contributed by atoms with E-state index in [-0.39, 0.29) is 30.9 Å². The maximum atomic E-state index is 14.1. The summed E-state index contributed by atoms with van der Waals surface area (Å²) in [6.07, 6.45) is 0.0377. The average Bonchev–Trinajstić information content (AvgIpc) is 3.40. The molecule has 17 heteroatoms. The van der Waals surface area contributed by atoms with E-state index in [0.29, 0.717) is 37.8 Å². The minimum atomic E-state index is -2.81. The van der Waals surface area contributed by atoms with Gasteiger partial charge in [0.15, 0.2) is 11.8 Å². The van der Waals surface area contributed by atoms with Gasteiger partial charge in [-0.25, -0.2) is 23.2 Å². The first-order valence-electron chi connectivity index (χ1n) is 14.0. The molecule has 0 saturated heterocycles. The van der Waals surface area contributed by atoms with Gasteiger partial charge in [-0.2, -0.15) is 19.0 Å². The Labute approximate surface area is 264 Å². The molecule has 0 spiro atoms. The molecule has 0 unspecified atom stereocenters. The molecule has 1 aliphatic rings. The van der Waals surface area contributed by atoms with Crippen LogP contribution in [-0.4, -0.2) is 72.9 Å². The lowest BCUT2D eigenvalue weighted by Crippen LogP contribution is -2.47. The van der Waals surface area contributed by atoms with E-state index in [2.05, 4.69) is 30.6 Å². The van der Waals surface area contributed by atoms with Crippen LogP contribution in [0, 0.1) is 0 Å². The summed E-state index contributed by atoms with van der Waals surface area (Å²) in [7, 11) is 0. The van der Waals surface area contributed by atoms with E-state index in [0.717, 1.165) is 4.90 Å². The van der Waals surface area contributed by atoms with Gasteiger partial charge >= 0.3 is 12.6 Å².